The van der Waals surface area contributed by atoms with Crippen LogP contribution in [-0.4, -0.2) is 19.2 Å². The fourth-order valence-corrected chi connectivity index (χ4v) is 1.78. The van der Waals surface area contributed by atoms with Gasteiger partial charge in [-0.3, -0.25) is 9.59 Å². The van der Waals surface area contributed by atoms with Crippen LogP contribution in [0.2, 0.25) is 0 Å². The summed E-state index contributed by atoms with van der Waals surface area (Å²) in [4.78, 5) is 24.7. The molecule has 1 amide bonds. The first-order valence-corrected chi connectivity index (χ1v) is 5.61. The summed E-state index contributed by atoms with van der Waals surface area (Å²) in [6.07, 6.45) is 0.754. The summed E-state index contributed by atoms with van der Waals surface area (Å²) in [6.45, 7) is 0. The molecule has 0 aromatic heterocycles. The van der Waals surface area contributed by atoms with Crippen molar-refractivity contribution in [1.29, 1.82) is 0 Å². The van der Waals surface area contributed by atoms with Gasteiger partial charge in [-0.25, -0.2) is 0 Å². The van der Waals surface area contributed by atoms with Crippen LogP contribution in [0.25, 0.3) is 0 Å². The van der Waals surface area contributed by atoms with Crippen molar-refractivity contribution in [1.82, 2.24) is 0 Å². The zero-order chi connectivity index (χ0) is 13.0. The van der Waals surface area contributed by atoms with E-state index >= 15 is 0 Å². The molecule has 2 aromatic carbocycles. The normalized spacial score (nSPS) is 9.83. The summed E-state index contributed by atoms with van der Waals surface area (Å²) in [6, 6.07) is 16.0. The second kappa shape index (κ2) is 5.27. The largest absolute Gasteiger partial charge is 0.311 e. The van der Waals surface area contributed by atoms with Gasteiger partial charge in [0.05, 0.1) is 5.69 Å². The molecule has 0 aliphatic carbocycles. The molecular formula is C15H13NO2. The number of hydrogen-bond acceptors (Lipinski definition) is 2. The van der Waals surface area contributed by atoms with Gasteiger partial charge in [-0.2, -0.15) is 0 Å². The molecule has 0 fully saturated rings. The molecule has 3 nitrogen and oxygen atoms in total. The van der Waals surface area contributed by atoms with Crippen molar-refractivity contribution >= 4 is 17.9 Å². The van der Waals surface area contributed by atoms with E-state index in [2.05, 4.69) is 0 Å². The molecule has 0 aliphatic rings. The van der Waals surface area contributed by atoms with Crippen LogP contribution < -0.4 is 4.90 Å². The maximum atomic E-state index is 12.2. The highest BCUT2D eigenvalue weighted by Crippen LogP contribution is 2.19. The summed E-state index contributed by atoms with van der Waals surface area (Å²) >= 11 is 0. The molecule has 0 N–H and O–H groups in total. The molecule has 0 radical (unpaired) electrons. The molecule has 2 aromatic rings. The van der Waals surface area contributed by atoms with E-state index in [9.17, 15) is 9.59 Å². The highest BCUT2D eigenvalue weighted by molar-refractivity contribution is 6.07. The van der Waals surface area contributed by atoms with E-state index in [0.29, 0.717) is 16.8 Å². The van der Waals surface area contributed by atoms with E-state index in [1.807, 2.05) is 18.2 Å². The van der Waals surface area contributed by atoms with Gasteiger partial charge in [-0.05, 0) is 24.3 Å². The number of aldehydes is 1. The lowest BCUT2D eigenvalue weighted by molar-refractivity contribution is 0.0993. The van der Waals surface area contributed by atoms with Crippen LogP contribution in [0.4, 0.5) is 5.69 Å². The maximum Gasteiger partial charge on any atom is 0.258 e. The summed E-state index contributed by atoms with van der Waals surface area (Å²) in [5, 5.41) is 0. The quantitative estimate of drug-likeness (QED) is 0.772. The van der Waals surface area contributed by atoms with E-state index in [4.69, 9.17) is 0 Å². The van der Waals surface area contributed by atoms with Gasteiger partial charge in [0.15, 0.2) is 6.29 Å². The first-order chi connectivity index (χ1) is 8.74. The minimum atomic E-state index is -0.134. The smallest absolute Gasteiger partial charge is 0.258 e. The lowest BCUT2D eigenvalue weighted by Crippen LogP contribution is -2.27. The van der Waals surface area contributed by atoms with E-state index in [-0.39, 0.29) is 5.91 Å². The Morgan fingerprint density at radius 1 is 1.00 bits per heavy atom. The molecular weight excluding hydrogens is 226 g/mol. The Kier molecular flexibility index (Phi) is 3.53. The number of amides is 1. The zero-order valence-electron chi connectivity index (χ0n) is 10.0. The monoisotopic (exact) mass is 239 g/mol. The Hall–Kier alpha value is -2.42. The number of anilines is 1. The Bertz CT molecular complexity index is 564. The second-order valence-corrected chi connectivity index (χ2v) is 3.91. The zero-order valence-corrected chi connectivity index (χ0v) is 10.0. The van der Waals surface area contributed by atoms with Crippen molar-refractivity contribution < 1.29 is 9.59 Å². The van der Waals surface area contributed by atoms with Crippen LogP contribution in [0.1, 0.15) is 20.7 Å². The van der Waals surface area contributed by atoms with Gasteiger partial charge < -0.3 is 4.90 Å². The average molecular weight is 239 g/mol. The van der Waals surface area contributed by atoms with Crippen molar-refractivity contribution in [3.05, 3.63) is 65.7 Å². The number of hydrogen-bond donors (Lipinski definition) is 0. The number of nitrogens with zero attached hydrogens (tertiary/aromatic N) is 1. The lowest BCUT2D eigenvalue weighted by Gasteiger charge is -2.18. The van der Waals surface area contributed by atoms with Crippen LogP contribution in [0.3, 0.4) is 0 Å². The van der Waals surface area contributed by atoms with Crippen molar-refractivity contribution in [3.63, 3.8) is 0 Å². The Morgan fingerprint density at radius 3 is 2.28 bits per heavy atom. The van der Waals surface area contributed by atoms with E-state index in [1.54, 1.807) is 43.4 Å². The number of carbonyl (C=O) groups excluding carboxylic acids is 2. The van der Waals surface area contributed by atoms with Crippen LogP contribution >= 0.6 is 0 Å². The Labute approximate surface area is 106 Å². The third kappa shape index (κ3) is 2.30. The predicted molar refractivity (Wildman–Crippen MR) is 71.0 cm³/mol. The molecule has 0 saturated heterocycles. The summed E-state index contributed by atoms with van der Waals surface area (Å²) < 4.78 is 0. The van der Waals surface area contributed by atoms with Crippen LogP contribution in [-0.2, 0) is 0 Å². The first kappa shape index (κ1) is 12.0. The van der Waals surface area contributed by atoms with Gasteiger partial charge in [0.25, 0.3) is 5.91 Å². The van der Waals surface area contributed by atoms with E-state index in [0.717, 1.165) is 6.29 Å². The number of carbonyl (C=O) groups is 2. The maximum absolute atomic E-state index is 12.2. The SMILES string of the molecule is CN(C(=O)c1ccccc1)c1ccccc1C=O. The van der Waals surface area contributed by atoms with Crippen LogP contribution in [0, 0.1) is 0 Å². The highest BCUT2D eigenvalue weighted by atomic mass is 16.2. The molecule has 0 heterocycles. The number of benzene rings is 2. The molecule has 0 saturated carbocycles. The van der Waals surface area contributed by atoms with E-state index < -0.39 is 0 Å². The van der Waals surface area contributed by atoms with Crippen LogP contribution in [0.5, 0.6) is 0 Å². The van der Waals surface area contributed by atoms with Crippen molar-refractivity contribution in [2.24, 2.45) is 0 Å². The lowest BCUT2D eigenvalue weighted by atomic mass is 10.1. The molecule has 0 spiro atoms. The molecule has 18 heavy (non-hydrogen) atoms. The molecule has 2 rings (SSSR count). The average Bonchev–Trinajstić information content (AvgIpc) is 2.46. The van der Waals surface area contributed by atoms with Gasteiger partial charge >= 0.3 is 0 Å². The van der Waals surface area contributed by atoms with Gasteiger partial charge in [-0.15, -0.1) is 0 Å². The minimum Gasteiger partial charge on any atom is -0.311 e. The van der Waals surface area contributed by atoms with Crippen molar-refractivity contribution in [2.75, 3.05) is 11.9 Å². The standard InChI is InChI=1S/C15H13NO2/c1-16(14-10-6-5-9-13(14)11-17)15(18)12-7-3-2-4-8-12/h2-11H,1H3. The topological polar surface area (TPSA) is 37.4 Å². The van der Waals surface area contributed by atoms with Crippen LogP contribution in [0.15, 0.2) is 54.6 Å². The highest BCUT2D eigenvalue weighted by Gasteiger charge is 2.15. The van der Waals surface area contributed by atoms with Crippen molar-refractivity contribution in [2.45, 2.75) is 0 Å². The summed E-state index contributed by atoms with van der Waals surface area (Å²) in [5.41, 5.74) is 1.71. The third-order valence-corrected chi connectivity index (χ3v) is 2.75. The van der Waals surface area contributed by atoms with Gasteiger partial charge in [-0.1, -0.05) is 30.3 Å². The Morgan fingerprint density at radius 2 is 1.61 bits per heavy atom. The fourth-order valence-electron chi connectivity index (χ4n) is 1.78. The molecule has 3 heteroatoms. The molecule has 0 unspecified atom stereocenters. The molecule has 0 bridgehead atoms. The van der Waals surface area contributed by atoms with E-state index in [1.165, 1.54) is 4.90 Å². The molecule has 90 valence electrons. The number of para-hydroxylation sites is 1. The summed E-state index contributed by atoms with van der Waals surface area (Å²) in [7, 11) is 1.66. The Balaban J connectivity index is 2.34. The minimum absolute atomic E-state index is 0.134. The predicted octanol–water partition coefficient (Wildman–Crippen LogP) is 2.78. The number of rotatable bonds is 3. The molecule has 0 atom stereocenters. The summed E-state index contributed by atoms with van der Waals surface area (Å²) in [5.74, 6) is -0.134. The van der Waals surface area contributed by atoms with Gasteiger partial charge in [0.1, 0.15) is 0 Å². The third-order valence-electron chi connectivity index (χ3n) is 2.75. The molecule has 0 aliphatic heterocycles. The second-order valence-electron chi connectivity index (χ2n) is 3.91. The van der Waals surface area contributed by atoms with Gasteiger partial charge in [0, 0.05) is 18.2 Å². The van der Waals surface area contributed by atoms with Gasteiger partial charge in [0.2, 0.25) is 0 Å². The fraction of sp³-hybridized carbons (Fsp3) is 0.0667. The van der Waals surface area contributed by atoms with Crippen molar-refractivity contribution in [3.8, 4) is 0 Å². The first-order valence-electron chi connectivity index (χ1n) is 5.61.